The van der Waals surface area contributed by atoms with Crippen LogP contribution in [-0.4, -0.2) is 48.3 Å². The van der Waals surface area contributed by atoms with E-state index in [2.05, 4.69) is 10.2 Å². The summed E-state index contributed by atoms with van der Waals surface area (Å²) in [5.74, 6) is -1.13. The molecule has 1 saturated heterocycles. The van der Waals surface area contributed by atoms with E-state index in [1.807, 2.05) is 6.07 Å². The minimum Gasteiger partial charge on any atom is -0.342 e. The topological polar surface area (TPSA) is 83.1 Å². The van der Waals surface area contributed by atoms with Crippen molar-refractivity contribution < 1.29 is 17.1 Å². The molecule has 1 aromatic rings. The van der Waals surface area contributed by atoms with Crippen LogP contribution in [0.3, 0.4) is 0 Å². The Kier molecular flexibility index (Phi) is 3.65. The van der Waals surface area contributed by atoms with Gasteiger partial charge in [-0.05, 0) is 6.07 Å². The van der Waals surface area contributed by atoms with E-state index in [4.69, 9.17) is 0 Å². The Hall–Kier alpha value is -1.44. The van der Waals surface area contributed by atoms with Crippen LogP contribution in [-0.2, 0) is 21.4 Å². The number of carbonyl (C=O) groups is 1. The zero-order chi connectivity index (χ0) is 13.2. The first-order valence-electron chi connectivity index (χ1n) is 5.62. The lowest BCUT2D eigenvalue weighted by Gasteiger charge is -2.15. The number of hydrogen-bond donors (Lipinski definition) is 1. The van der Waals surface area contributed by atoms with Gasteiger partial charge in [-0.15, -0.1) is 3.89 Å². The summed E-state index contributed by atoms with van der Waals surface area (Å²) in [6, 6.07) is 1.81. The van der Waals surface area contributed by atoms with Crippen LogP contribution in [0.2, 0.25) is 0 Å². The fourth-order valence-corrected chi connectivity index (χ4v) is 2.93. The largest absolute Gasteiger partial charge is 0.342 e. The predicted molar refractivity (Wildman–Crippen MR) is 61.9 cm³/mol. The number of aromatic amines is 1. The molecule has 1 fully saturated rings. The molecule has 18 heavy (non-hydrogen) atoms. The van der Waals surface area contributed by atoms with Gasteiger partial charge in [-0.1, -0.05) is 0 Å². The van der Waals surface area contributed by atoms with E-state index in [0.717, 1.165) is 5.69 Å². The van der Waals surface area contributed by atoms with Gasteiger partial charge in [-0.25, -0.2) is 0 Å². The molecule has 1 N–H and O–H groups in total. The third kappa shape index (κ3) is 3.52. The number of aromatic nitrogens is 2. The van der Waals surface area contributed by atoms with E-state index in [1.165, 1.54) is 0 Å². The third-order valence-electron chi connectivity index (χ3n) is 2.94. The van der Waals surface area contributed by atoms with Crippen molar-refractivity contribution in [3.8, 4) is 0 Å². The highest BCUT2D eigenvalue weighted by molar-refractivity contribution is 7.86. The van der Waals surface area contributed by atoms with Crippen LogP contribution in [0.1, 0.15) is 12.1 Å². The van der Waals surface area contributed by atoms with Crippen LogP contribution in [0.15, 0.2) is 12.3 Å². The molecule has 1 unspecified atom stereocenters. The Morgan fingerprint density at radius 1 is 1.56 bits per heavy atom. The number of amides is 1. The van der Waals surface area contributed by atoms with Crippen molar-refractivity contribution in [2.75, 3.05) is 18.8 Å². The van der Waals surface area contributed by atoms with Crippen LogP contribution in [0, 0.1) is 5.92 Å². The smallest absolute Gasteiger partial charge is 0.302 e. The molecule has 1 aliphatic heterocycles. The first-order chi connectivity index (χ1) is 8.44. The minimum absolute atomic E-state index is 0.103. The zero-order valence-electron chi connectivity index (χ0n) is 9.67. The molecule has 2 rings (SSSR count). The fourth-order valence-electron chi connectivity index (χ4n) is 2.14. The van der Waals surface area contributed by atoms with Gasteiger partial charge in [0, 0.05) is 43.7 Å². The van der Waals surface area contributed by atoms with E-state index < -0.39 is 21.9 Å². The molecule has 0 spiro atoms. The lowest BCUT2D eigenvalue weighted by molar-refractivity contribution is -0.127. The van der Waals surface area contributed by atoms with Crippen molar-refractivity contribution in [2.24, 2.45) is 5.92 Å². The molecule has 100 valence electrons. The van der Waals surface area contributed by atoms with Crippen LogP contribution in [0.25, 0.3) is 0 Å². The number of likely N-dealkylation sites (tertiary alicyclic amines) is 1. The molecule has 2 heterocycles. The zero-order valence-corrected chi connectivity index (χ0v) is 10.5. The Morgan fingerprint density at radius 3 is 2.94 bits per heavy atom. The van der Waals surface area contributed by atoms with Crippen molar-refractivity contribution in [3.63, 3.8) is 0 Å². The minimum atomic E-state index is -4.51. The van der Waals surface area contributed by atoms with Gasteiger partial charge in [0.15, 0.2) is 0 Å². The van der Waals surface area contributed by atoms with E-state index in [-0.39, 0.29) is 12.3 Å². The second-order valence-electron chi connectivity index (χ2n) is 4.45. The number of nitrogens with zero attached hydrogens (tertiary/aromatic N) is 2. The average Bonchev–Trinajstić information content (AvgIpc) is 2.83. The van der Waals surface area contributed by atoms with Crippen LogP contribution in [0.5, 0.6) is 0 Å². The van der Waals surface area contributed by atoms with E-state index >= 15 is 0 Å². The van der Waals surface area contributed by atoms with Crippen LogP contribution >= 0.6 is 0 Å². The fraction of sp³-hybridized carbons (Fsp3) is 0.600. The number of H-pyrrole nitrogens is 1. The molecular weight excluding hydrogens is 261 g/mol. The first-order valence-corrected chi connectivity index (χ1v) is 7.17. The molecule has 0 aromatic carbocycles. The maximum Gasteiger partial charge on any atom is 0.302 e. The van der Waals surface area contributed by atoms with Gasteiger partial charge in [0.2, 0.25) is 5.91 Å². The van der Waals surface area contributed by atoms with Crippen molar-refractivity contribution in [2.45, 2.75) is 12.8 Å². The molecule has 0 radical (unpaired) electrons. The Balaban J connectivity index is 1.86. The van der Waals surface area contributed by atoms with Gasteiger partial charge < -0.3 is 4.90 Å². The Labute approximate surface area is 104 Å². The summed E-state index contributed by atoms with van der Waals surface area (Å²) in [6.07, 6.45) is 2.35. The highest BCUT2D eigenvalue weighted by atomic mass is 32.3. The summed E-state index contributed by atoms with van der Waals surface area (Å²) in [7, 11) is -4.51. The van der Waals surface area contributed by atoms with Gasteiger partial charge in [0.1, 0.15) is 0 Å². The second-order valence-corrected chi connectivity index (χ2v) is 5.86. The van der Waals surface area contributed by atoms with Crippen molar-refractivity contribution in [3.05, 3.63) is 18.0 Å². The molecule has 0 saturated carbocycles. The summed E-state index contributed by atoms with van der Waals surface area (Å²) in [5, 5.41) is 6.57. The predicted octanol–water partition coefficient (Wildman–Crippen LogP) is 0.1000. The van der Waals surface area contributed by atoms with Crippen molar-refractivity contribution in [1.82, 2.24) is 15.1 Å². The van der Waals surface area contributed by atoms with E-state index in [1.54, 1.807) is 11.1 Å². The molecule has 1 aromatic heterocycles. The van der Waals surface area contributed by atoms with Gasteiger partial charge in [-0.3, -0.25) is 9.89 Å². The van der Waals surface area contributed by atoms with E-state index in [0.29, 0.717) is 19.5 Å². The SMILES string of the molecule is O=C1CC(CS(=O)(=O)F)CN1CCc1ccn[nH]1. The molecule has 0 aliphatic carbocycles. The summed E-state index contributed by atoms with van der Waals surface area (Å²) in [6.45, 7) is 0.792. The summed E-state index contributed by atoms with van der Waals surface area (Å²) in [4.78, 5) is 13.2. The van der Waals surface area contributed by atoms with Crippen LogP contribution < -0.4 is 0 Å². The molecule has 8 heteroatoms. The molecule has 1 amide bonds. The molecule has 1 atom stereocenters. The molecule has 0 bridgehead atoms. The average molecular weight is 275 g/mol. The summed E-state index contributed by atoms with van der Waals surface area (Å²) >= 11 is 0. The number of nitrogens with one attached hydrogen (secondary N) is 1. The second kappa shape index (κ2) is 5.05. The van der Waals surface area contributed by atoms with Crippen molar-refractivity contribution in [1.29, 1.82) is 0 Å². The molecule has 6 nitrogen and oxygen atoms in total. The number of carbonyl (C=O) groups excluding carboxylic acids is 1. The Morgan fingerprint density at radius 2 is 2.33 bits per heavy atom. The monoisotopic (exact) mass is 275 g/mol. The van der Waals surface area contributed by atoms with E-state index in [9.17, 15) is 17.1 Å². The summed E-state index contributed by atoms with van der Waals surface area (Å²) < 4.78 is 33.6. The maximum absolute atomic E-state index is 12.5. The van der Waals surface area contributed by atoms with Gasteiger partial charge in [0.05, 0.1) is 5.75 Å². The first kappa shape index (κ1) is 13.0. The van der Waals surface area contributed by atoms with Gasteiger partial charge in [0.25, 0.3) is 0 Å². The Bertz CT molecular complexity index is 514. The number of halogens is 1. The molecular formula is C10H14FN3O3S. The van der Waals surface area contributed by atoms with Gasteiger partial charge >= 0.3 is 10.2 Å². The molecule has 1 aliphatic rings. The number of hydrogen-bond acceptors (Lipinski definition) is 4. The maximum atomic E-state index is 12.5. The quantitative estimate of drug-likeness (QED) is 0.773. The normalized spacial score (nSPS) is 20.6. The lowest BCUT2D eigenvalue weighted by atomic mass is 10.1. The van der Waals surface area contributed by atoms with Crippen molar-refractivity contribution >= 4 is 16.1 Å². The number of rotatable bonds is 5. The highest BCUT2D eigenvalue weighted by Gasteiger charge is 2.32. The van der Waals surface area contributed by atoms with Crippen LogP contribution in [0.4, 0.5) is 3.89 Å². The highest BCUT2D eigenvalue weighted by Crippen LogP contribution is 2.20. The summed E-state index contributed by atoms with van der Waals surface area (Å²) in [5.41, 5.74) is 0.907. The van der Waals surface area contributed by atoms with Gasteiger partial charge in [-0.2, -0.15) is 13.5 Å². The third-order valence-corrected chi connectivity index (χ3v) is 3.81. The lowest BCUT2D eigenvalue weighted by Crippen LogP contribution is -2.28. The standard InChI is InChI=1S/C10H14FN3O3S/c11-18(16,17)7-8-5-10(15)14(6-8)4-2-9-1-3-12-13-9/h1,3,8H,2,4-7H2,(H,12,13).